The number of alkyl halides is 1. The number of fused-ring (bicyclic) bond motifs is 1. The first kappa shape index (κ1) is 38.3. The predicted molar refractivity (Wildman–Crippen MR) is 205 cm³/mol. The van der Waals surface area contributed by atoms with E-state index in [1.807, 2.05) is 6.07 Å². The van der Waals surface area contributed by atoms with Crippen LogP contribution in [-0.2, 0) is 24.4 Å². The molecule has 55 heavy (non-hydrogen) atoms. The molecule has 7 rings (SSSR count). The van der Waals surface area contributed by atoms with Crippen LogP contribution in [0.2, 0.25) is 0 Å². The Morgan fingerprint density at radius 2 is 1.73 bits per heavy atom. The summed E-state index contributed by atoms with van der Waals surface area (Å²) in [6.45, 7) is 7.80. The number of nitrogens with zero attached hydrogens (tertiary/aromatic N) is 6. The predicted octanol–water partition coefficient (Wildman–Crippen LogP) is 4.81. The van der Waals surface area contributed by atoms with E-state index in [0.29, 0.717) is 60.4 Å². The molecule has 0 unspecified atom stereocenters. The lowest BCUT2D eigenvalue weighted by Crippen LogP contribution is -2.49. The minimum absolute atomic E-state index is 0.0172. The number of hydrogen-bond donors (Lipinski definition) is 1. The van der Waals surface area contributed by atoms with Crippen molar-refractivity contribution in [1.29, 1.82) is 0 Å². The number of carbonyl (C=O) groups excluding carboxylic acids is 2. The number of aromatic nitrogens is 3. The number of nitrogens with one attached hydrogen (secondary N) is 1. The minimum atomic E-state index is -1.26. The van der Waals surface area contributed by atoms with E-state index in [4.69, 9.17) is 4.74 Å². The maximum atomic E-state index is 15.5. The van der Waals surface area contributed by atoms with Gasteiger partial charge >= 0.3 is 6.03 Å². The SMILES string of the molecule is CCCCn1cc(-c2ccc(O[C@@H]3CCN(CC4CCN(CCn5cccc(CN6CCC(=O)NC6=O)c5=O)CC4)C[C@H]3F)c(F)c2)c2ccncc2c1=O. The van der Waals surface area contributed by atoms with E-state index >= 15 is 8.78 Å². The second kappa shape index (κ2) is 17.2. The van der Waals surface area contributed by atoms with Crippen LogP contribution in [0.25, 0.3) is 21.9 Å². The highest BCUT2D eigenvalue weighted by atomic mass is 19.1. The van der Waals surface area contributed by atoms with Gasteiger partial charge < -0.3 is 23.7 Å². The zero-order valence-corrected chi connectivity index (χ0v) is 31.3. The Labute approximate surface area is 318 Å². The minimum Gasteiger partial charge on any atom is -0.484 e. The summed E-state index contributed by atoms with van der Waals surface area (Å²) in [6, 6.07) is 9.54. The van der Waals surface area contributed by atoms with E-state index in [9.17, 15) is 19.2 Å². The third-order valence-electron chi connectivity index (χ3n) is 11.2. The van der Waals surface area contributed by atoms with Crippen molar-refractivity contribution in [3.8, 4) is 16.9 Å². The lowest BCUT2D eigenvalue weighted by atomic mass is 9.94. The molecule has 14 heteroatoms. The molecule has 1 aromatic carbocycles. The van der Waals surface area contributed by atoms with Crippen LogP contribution in [0, 0.1) is 11.7 Å². The molecule has 0 spiro atoms. The standard InChI is InChI=1S/C41H49F2N7O5/c1-2-3-14-49-26-33(31-8-13-44-23-32(31)40(49)53)29-6-7-36(34(42)22-29)55-37-11-18-47(27-35(37)43)24-28-9-16-46(17-10-28)20-21-48-15-4-5-30(39(48)52)25-50-19-12-38(51)45-41(50)54/h4-8,13,15,22-23,26,28,35,37H,2-3,9-12,14,16-21,24-25,27H2,1H3,(H,45,51,54)/t35-,37-/m1/s1. The Kier molecular flexibility index (Phi) is 12.0. The summed E-state index contributed by atoms with van der Waals surface area (Å²) in [4.78, 5) is 59.9. The lowest BCUT2D eigenvalue weighted by Gasteiger charge is -2.39. The molecule has 0 bridgehead atoms. The molecule has 3 saturated heterocycles. The number of unbranched alkanes of at least 4 members (excludes halogenated alkanes) is 1. The number of halogens is 2. The monoisotopic (exact) mass is 757 g/mol. The fourth-order valence-electron chi connectivity index (χ4n) is 7.98. The number of ether oxygens (including phenoxy) is 1. The van der Waals surface area contributed by atoms with Crippen molar-refractivity contribution in [3.63, 3.8) is 0 Å². The molecule has 0 radical (unpaired) electrons. The number of amides is 3. The number of hydrogen-bond acceptors (Lipinski definition) is 8. The maximum absolute atomic E-state index is 15.5. The first-order chi connectivity index (χ1) is 26.7. The molecule has 292 valence electrons. The van der Waals surface area contributed by atoms with Crippen LogP contribution in [0.4, 0.5) is 13.6 Å². The van der Waals surface area contributed by atoms with Crippen LogP contribution in [-0.4, -0.2) is 98.8 Å². The first-order valence-electron chi connectivity index (χ1n) is 19.5. The van der Waals surface area contributed by atoms with Crippen LogP contribution in [0.5, 0.6) is 5.75 Å². The van der Waals surface area contributed by atoms with Crippen molar-refractivity contribution in [1.82, 2.24) is 34.1 Å². The zero-order valence-electron chi connectivity index (χ0n) is 31.3. The third-order valence-corrected chi connectivity index (χ3v) is 11.2. The molecule has 2 atom stereocenters. The van der Waals surface area contributed by atoms with Crippen LogP contribution < -0.4 is 21.2 Å². The van der Waals surface area contributed by atoms with Gasteiger partial charge in [-0.25, -0.2) is 13.6 Å². The summed E-state index contributed by atoms with van der Waals surface area (Å²) in [5.41, 5.74) is 1.59. The van der Waals surface area contributed by atoms with Crippen LogP contribution in [0.1, 0.15) is 51.0 Å². The van der Waals surface area contributed by atoms with Crippen molar-refractivity contribution in [2.24, 2.45) is 5.92 Å². The van der Waals surface area contributed by atoms with Gasteiger partial charge in [-0.2, -0.15) is 0 Å². The third kappa shape index (κ3) is 8.97. The van der Waals surface area contributed by atoms with E-state index in [0.717, 1.165) is 57.4 Å². The van der Waals surface area contributed by atoms with Gasteiger partial charge in [0.1, 0.15) is 12.3 Å². The fourth-order valence-corrected chi connectivity index (χ4v) is 7.98. The average Bonchev–Trinajstić information content (AvgIpc) is 3.18. The van der Waals surface area contributed by atoms with Crippen molar-refractivity contribution >= 4 is 22.7 Å². The van der Waals surface area contributed by atoms with Gasteiger partial charge in [0.05, 0.1) is 11.9 Å². The lowest BCUT2D eigenvalue weighted by molar-refractivity contribution is -0.121. The number of rotatable bonds is 13. The smallest absolute Gasteiger partial charge is 0.324 e. The molecule has 3 aliphatic heterocycles. The van der Waals surface area contributed by atoms with Gasteiger partial charge in [-0.05, 0) is 79.9 Å². The molecule has 12 nitrogen and oxygen atoms in total. The van der Waals surface area contributed by atoms with Gasteiger partial charge in [0, 0.05) is 88.1 Å². The molecule has 3 amide bonds. The van der Waals surface area contributed by atoms with Gasteiger partial charge in [-0.1, -0.05) is 25.5 Å². The van der Waals surface area contributed by atoms with Crippen LogP contribution in [0.3, 0.4) is 0 Å². The molecule has 3 aliphatic rings. The Bertz CT molecular complexity index is 2130. The number of pyridine rings is 3. The summed E-state index contributed by atoms with van der Waals surface area (Å²) < 4.78 is 40.3. The number of likely N-dealkylation sites (tertiary alicyclic amines) is 2. The molecule has 4 aromatic rings. The number of benzene rings is 1. The van der Waals surface area contributed by atoms with Gasteiger partial charge in [-0.15, -0.1) is 0 Å². The second-order valence-electron chi connectivity index (χ2n) is 15.0. The number of piperidine rings is 2. The highest BCUT2D eigenvalue weighted by Crippen LogP contribution is 2.32. The second-order valence-corrected chi connectivity index (χ2v) is 15.0. The van der Waals surface area contributed by atoms with Gasteiger partial charge in [0.2, 0.25) is 5.91 Å². The van der Waals surface area contributed by atoms with Gasteiger partial charge in [0.15, 0.2) is 11.6 Å². The molecular formula is C41H49F2N7O5. The van der Waals surface area contributed by atoms with Crippen LogP contribution in [0.15, 0.2) is 70.8 Å². The summed E-state index contributed by atoms with van der Waals surface area (Å²) in [6.07, 6.45) is 9.12. The average molecular weight is 758 g/mol. The molecular weight excluding hydrogens is 708 g/mol. The van der Waals surface area contributed by atoms with Crippen molar-refractivity contribution in [3.05, 3.63) is 93.3 Å². The summed E-state index contributed by atoms with van der Waals surface area (Å²) in [7, 11) is 0. The Morgan fingerprint density at radius 3 is 2.49 bits per heavy atom. The van der Waals surface area contributed by atoms with Gasteiger partial charge in [-0.3, -0.25) is 29.6 Å². The normalized spacial score (nSPS) is 20.2. The topological polar surface area (TPSA) is 122 Å². The number of carbonyl (C=O) groups is 2. The maximum Gasteiger partial charge on any atom is 0.324 e. The summed E-state index contributed by atoms with van der Waals surface area (Å²) >= 11 is 0. The Hall–Kier alpha value is -4.95. The zero-order chi connectivity index (χ0) is 38.5. The fraction of sp³-hybridized carbons (Fsp3) is 0.488. The molecule has 1 N–H and O–H groups in total. The van der Waals surface area contributed by atoms with Gasteiger partial charge in [0.25, 0.3) is 11.1 Å². The molecule has 3 aromatic heterocycles. The summed E-state index contributed by atoms with van der Waals surface area (Å²) in [5, 5.41) is 3.48. The number of imide groups is 1. The van der Waals surface area contributed by atoms with Crippen molar-refractivity contribution in [2.75, 3.05) is 45.8 Å². The number of urea groups is 1. The quantitative estimate of drug-likeness (QED) is 0.207. The van der Waals surface area contributed by atoms with E-state index < -0.39 is 24.1 Å². The van der Waals surface area contributed by atoms with E-state index in [-0.39, 0.29) is 42.3 Å². The molecule has 6 heterocycles. The van der Waals surface area contributed by atoms with E-state index in [1.54, 1.807) is 58.2 Å². The Morgan fingerprint density at radius 1 is 0.909 bits per heavy atom. The number of aryl methyl sites for hydroxylation is 1. The Balaban J connectivity index is 0.879. The molecule has 3 fully saturated rings. The summed E-state index contributed by atoms with van der Waals surface area (Å²) in [5.74, 6) is -0.427. The highest BCUT2D eigenvalue weighted by Gasteiger charge is 2.33. The van der Waals surface area contributed by atoms with E-state index in [2.05, 4.69) is 27.0 Å². The molecule has 0 saturated carbocycles. The van der Waals surface area contributed by atoms with Crippen molar-refractivity contribution in [2.45, 2.75) is 77.4 Å². The molecule has 0 aliphatic carbocycles. The van der Waals surface area contributed by atoms with Crippen molar-refractivity contribution < 1.29 is 23.1 Å². The first-order valence-corrected chi connectivity index (χ1v) is 19.5. The van der Waals surface area contributed by atoms with Crippen LogP contribution >= 0.6 is 0 Å². The highest BCUT2D eigenvalue weighted by molar-refractivity contribution is 5.96. The van der Waals surface area contributed by atoms with E-state index in [1.165, 1.54) is 11.0 Å². The largest absolute Gasteiger partial charge is 0.484 e.